The van der Waals surface area contributed by atoms with Gasteiger partial charge in [-0.25, -0.2) is 13.8 Å². The number of ketones is 1. The molecule has 5 nitrogen and oxygen atoms in total. The first kappa shape index (κ1) is 24.2. The molecular weight excluding hydrogens is 448 g/mol. The predicted octanol–water partition coefficient (Wildman–Crippen LogP) is 7.33. The van der Waals surface area contributed by atoms with Crippen molar-refractivity contribution in [1.29, 1.82) is 0 Å². The van der Waals surface area contributed by atoms with Gasteiger partial charge >= 0.3 is 0 Å². The van der Waals surface area contributed by atoms with E-state index < -0.39 is 12.0 Å². The molecule has 0 saturated heterocycles. The third kappa shape index (κ3) is 4.11. The SMILES string of the molecule is CCCC(=O)c1cc2c(-c3cc(C(F)F)cc(C4(OC)CCCC4)n3)cc(C3CCCC3)n2n1C. The highest BCUT2D eigenvalue weighted by molar-refractivity contribution is 5.97. The lowest BCUT2D eigenvalue weighted by molar-refractivity contribution is -0.0125. The molecule has 0 aromatic carbocycles. The summed E-state index contributed by atoms with van der Waals surface area (Å²) in [5, 5.41) is 0. The van der Waals surface area contributed by atoms with E-state index in [2.05, 4.69) is 10.6 Å². The first-order valence-corrected chi connectivity index (χ1v) is 13.0. The van der Waals surface area contributed by atoms with E-state index in [-0.39, 0.29) is 11.3 Å². The first-order valence-electron chi connectivity index (χ1n) is 13.0. The van der Waals surface area contributed by atoms with Crippen molar-refractivity contribution in [3.05, 3.63) is 46.9 Å². The monoisotopic (exact) mass is 483 g/mol. The van der Waals surface area contributed by atoms with Gasteiger partial charge in [0.1, 0.15) is 11.3 Å². The van der Waals surface area contributed by atoms with E-state index in [1.165, 1.54) is 25.0 Å². The Morgan fingerprint density at radius 2 is 1.86 bits per heavy atom. The maximum absolute atomic E-state index is 14.1. The van der Waals surface area contributed by atoms with E-state index in [1.807, 2.05) is 24.7 Å². The molecule has 7 heteroatoms. The molecule has 2 saturated carbocycles. The number of methoxy groups -OCH3 is 1. The zero-order valence-electron chi connectivity index (χ0n) is 20.9. The Morgan fingerprint density at radius 1 is 1.14 bits per heavy atom. The second kappa shape index (κ2) is 9.49. The smallest absolute Gasteiger partial charge is 0.263 e. The number of alkyl halides is 2. The van der Waals surface area contributed by atoms with Crippen LogP contribution in [0.4, 0.5) is 8.78 Å². The Bertz CT molecular complexity index is 1230. The maximum Gasteiger partial charge on any atom is 0.263 e. The summed E-state index contributed by atoms with van der Waals surface area (Å²) < 4.78 is 38.1. The fraction of sp³-hybridized carbons (Fsp3) is 0.571. The average molecular weight is 484 g/mol. The quantitative estimate of drug-likeness (QED) is 0.315. The van der Waals surface area contributed by atoms with Gasteiger partial charge in [-0.05, 0) is 56.4 Å². The molecule has 2 aliphatic carbocycles. The van der Waals surface area contributed by atoms with Gasteiger partial charge in [-0.15, -0.1) is 0 Å². The summed E-state index contributed by atoms with van der Waals surface area (Å²) in [5.74, 6) is 0.484. The molecule has 3 heterocycles. The average Bonchev–Trinajstić information content (AvgIpc) is 3.64. The summed E-state index contributed by atoms with van der Waals surface area (Å²) in [6, 6.07) is 7.08. The van der Waals surface area contributed by atoms with Gasteiger partial charge in [-0.2, -0.15) is 0 Å². The van der Waals surface area contributed by atoms with Gasteiger partial charge < -0.3 is 4.74 Å². The summed E-state index contributed by atoms with van der Waals surface area (Å²) in [6.45, 7) is 2.00. The number of carbonyl (C=O) groups excluding carboxylic acids is 1. The fourth-order valence-corrected chi connectivity index (χ4v) is 6.23. The Balaban J connectivity index is 1.73. The van der Waals surface area contributed by atoms with Crippen LogP contribution in [-0.4, -0.2) is 27.1 Å². The van der Waals surface area contributed by atoms with Gasteiger partial charge in [0.05, 0.1) is 16.9 Å². The van der Waals surface area contributed by atoms with Crippen LogP contribution in [0.1, 0.15) is 111 Å². The highest BCUT2D eigenvalue weighted by Crippen LogP contribution is 2.44. The first-order chi connectivity index (χ1) is 16.9. The van der Waals surface area contributed by atoms with Gasteiger partial charge in [0.15, 0.2) is 5.78 Å². The second-order valence-corrected chi connectivity index (χ2v) is 10.3. The summed E-state index contributed by atoms with van der Waals surface area (Å²) >= 11 is 0. The minimum atomic E-state index is -2.60. The van der Waals surface area contributed by atoms with Crippen molar-refractivity contribution >= 4 is 11.3 Å². The maximum atomic E-state index is 14.1. The van der Waals surface area contributed by atoms with Crippen molar-refractivity contribution in [2.45, 2.75) is 89.1 Å². The molecular formula is C28H35F2N3O2. The largest absolute Gasteiger partial charge is 0.372 e. The Kier molecular flexibility index (Phi) is 6.55. The molecule has 0 atom stereocenters. The minimum Gasteiger partial charge on any atom is -0.372 e. The van der Waals surface area contributed by atoms with Crippen LogP contribution in [0.5, 0.6) is 0 Å². The molecule has 35 heavy (non-hydrogen) atoms. The van der Waals surface area contributed by atoms with Crippen molar-refractivity contribution in [2.24, 2.45) is 7.05 Å². The summed E-state index contributed by atoms with van der Waals surface area (Å²) in [7, 11) is 3.57. The van der Waals surface area contributed by atoms with Crippen molar-refractivity contribution in [3.8, 4) is 11.3 Å². The summed E-state index contributed by atoms with van der Waals surface area (Å²) in [6.07, 6.45) is 6.75. The molecule has 0 N–H and O–H groups in total. The Morgan fingerprint density at radius 3 is 2.49 bits per heavy atom. The van der Waals surface area contributed by atoms with Gasteiger partial charge in [-0.1, -0.05) is 32.6 Å². The number of pyridine rings is 1. The number of aryl methyl sites for hydroxylation is 1. The highest BCUT2D eigenvalue weighted by atomic mass is 19.3. The molecule has 0 aliphatic heterocycles. The number of hydrogen-bond donors (Lipinski definition) is 0. The number of halogens is 2. The number of carbonyl (C=O) groups is 1. The van der Waals surface area contributed by atoms with E-state index in [4.69, 9.17) is 9.72 Å². The number of ether oxygens (including phenoxy) is 1. The van der Waals surface area contributed by atoms with Crippen LogP contribution in [0.25, 0.3) is 16.8 Å². The fourth-order valence-electron chi connectivity index (χ4n) is 6.23. The number of nitrogens with zero attached hydrogens (tertiary/aromatic N) is 3. The van der Waals surface area contributed by atoms with Crippen LogP contribution in [0.3, 0.4) is 0 Å². The number of Topliss-reactive ketones (excluding diaryl/α,β-unsaturated/α-hetero) is 1. The summed E-state index contributed by atoms with van der Waals surface area (Å²) in [5.41, 5.74) is 3.92. The van der Waals surface area contributed by atoms with Gasteiger partial charge in [0.25, 0.3) is 6.43 Å². The van der Waals surface area contributed by atoms with E-state index in [0.717, 1.165) is 61.7 Å². The lowest BCUT2D eigenvalue weighted by atomic mass is 9.94. The molecule has 0 radical (unpaired) electrons. The molecule has 188 valence electrons. The van der Waals surface area contributed by atoms with Crippen molar-refractivity contribution < 1.29 is 18.3 Å². The Hall–Kier alpha value is -2.54. The molecule has 3 aromatic rings. The van der Waals surface area contributed by atoms with Gasteiger partial charge in [0.2, 0.25) is 0 Å². The van der Waals surface area contributed by atoms with E-state index in [9.17, 15) is 13.6 Å². The summed E-state index contributed by atoms with van der Waals surface area (Å²) in [4.78, 5) is 17.9. The number of aromatic nitrogens is 3. The van der Waals surface area contributed by atoms with Crippen molar-refractivity contribution in [2.75, 3.05) is 7.11 Å². The van der Waals surface area contributed by atoms with Crippen LogP contribution >= 0.6 is 0 Å². The number of hydrogen-bond acceptors (Lipinski definition) is 3. The van der Waals surface area contributed by atoms with Gasteiger partial charge in [-0.3, -0.25) is 14.0 Å². The van der Waals surface area contributed by atoms with Gasteiger partial charge in [0, 0.05) is 43.3 Å². The topological polar surface area (TPSA) is 48.5 Å². The third-order valence-electron chi connectivity index (χ3n) is 8.14. The van der Waals surface area contributed by atoms with Crippen LogP contribution < -0.4 is 0 Å². The Labute approximate surface area is 205 Å². The lowest BCUT2D eigenvalue weighted by Crippen LogP contribution is -2.26. The highest BCUT2D eigenvalue weighted by Gasteiger charge is 2.38. The predicted molar refractivity (Wildman–Crippen MR) is 132 cm³/mol. The standard InChI is InChI=1S/C28H35F2N3O2/c1-4-9-25(34)24-17-23-20(16-22(33(23)32(24)2)18-10-5-6-11-18)21-14-19(27(29)30)15-26(31-21)28(35-3)12-7-8-13-28/h14-18,27H,4-13H2,1-3H3. The number of fused-ring (bicyclic) bond motifs is 1. The van der Waals surface area contributed by atoms with Crippen molar-refractivity contribution in [1.82, 2.24) is 14.2 Å². The molecule has 3 aromatic heterocycles. The lowest BCUT2D eigenvalue weighted by Gasteiger charge is -2.27. The molecule has 5 rings (SSSR count). The van der Waals surface area contributed by atoms with Crippen LogP contribution in [-0.2, 0) is 17.4 Å². The van der Waals surface area contributed by atoms with Crippen LogP contribution in [0.2, 0.25) is 0 Å². The van der Waals surface area contributed by atoms with Crippen molar-refractivity contribution in [3.63, 3.8) is 0 Å². The molecule has 0 spiro atoms. The molecule has 2 aliphatic rings. The number of rotatable bonds is 8. The van der Waals surface area contributed by atoms with E-state index in [0.29, 0.717) is 29.4 Å². The second-order valence-electron chi connectivity index (χ2n) is 10.3. The van der Waals surface area contributed by atoms with Crippen LogP contribution in [0.15, 0.2) is 24.3 Å². The zero-order valence-corrected chi connectivity index (χ0v) is 20.9. The molecule has 0 amide bonds. The normalized spacial score (nSPS) is 18.3. The van der Waals surface area contributed by atoms with Crippen LogP contribution in [0, 0.1) is 0 Å². The molecule has 0 unspecified atom stereocenters. The minimum absolute atomic E-state index is 0.0340. The van der Waals surface area contributed by atoms with E-state index >= 15 is 0 Å². The third-order valence-corrected chi connectivity index (χ3v) is 8.14. The van der Waals surface area contributed by atoms with E-state index in [1.54, 1.807) is 7.11 Å². The molecule has 0 bridgehead atoms. The molecule has 2 fully saturated rings. The zero-order chi connectivity index (χ0) is 24.7.